The molecule has 0 amide bonds. The van der Waals surface area contributed by atoms with Gasteiger partial charge >= 0.3 is 0 Å². The van der Waals surface area contributed by atoms with E-state index >= 15 is 0 Å². The molecule has 0 radical (unpaired) electrons. The summed E-state index contributed by atoms with van der Waals surface area (Å²) < 4.78 is 34.5. The van der Waals surface area contributed by atoms with Crippen molar-refractivity contribution in [1.29, 1.82) is 0 Å². The molecule has 2 aromatic rings. The number of rotatable bonds is 8. The Bertz CT molecular complexity index is 997. The van der Waals surface area contributed by atoms with E-state index in [1.807, 2.05) is 6.07 Å². The second-order valence-electron chi connectivity index (χ2n) is 7.28. The Labute approximate surface area is 202 Å². The first-order valence-corrected chi connectivity index (χ1v) is 13.1. The van der Waals surface area contributed by atoms with E-state index in [4.69, 9.17) is 28.6 Å². The molecule has 1 aliphatic carbocycles. The summed E-state index contributed by atoms with van der Waals surface area (Å²) in [4.78, 5) is 0.252. The van der Waals surface area contributed by atoms with Crippen LogP contribution in [-0.4, -0.2) is 32.7 Å². The Balaban J connectivity index is 1.44. The largest absolute Gasteiger partial charge is 0.490 e. The third kappa shape index (κ3) is 7.61. The summed E-state index contributed by atoms with van der Waals surface area (Å²) in [6, 6.07) is 12.0. The molecule has 3 N–H and O–H groups in total. The molecule has 0 bridgehead atoms. The van der Waals surface area contributed by atoms with Gasteiger partial charge in [-0.3, -0.25) is 0 Å². The summed E-state index contributed by atoms with van der Waals surface area (Å²) in [5.41, 5.74) is 0.700. The van der Waals surface area contributed by atoms with E-state index in [2.05, 4.69) is 31.3 Å². The predicted octanol–water partition coefficient (Wildman–Crippen LogP) is 5.08. The van der Waals surface area contributed by atoms with Crippen molar-refractivity contribution in [2.24, 2.45) is 0 Å². The normalized spacial score (nSPS) is 14.8. The van der Waals surface area contributed by atoms with Crippen molar-refractivity contribution in [3.63, 3.8) is 0 Å². The van der Waals surface area contributed by atoms with Crippen LogP contribution in [0.25, 0.3) is 0 Å². The smallest absolute Gasteiger partial charge is 0.240 e. The summed E-state index contributed by atoms with van der Waals surface area (Å²) in [7, 11) is -3.51. The summed E-state index contributed by atoms with van der Waals surface area (Å²) in [6.07, 6.45) is 5.12. The molecule has 0 unspecified atom stereocenters. The van der Waals surface area contributed by atoms with Crippen LogP contribution in [0.5, 0.6) is 5.75 Å². The molecule has 168 valence electrons. The molecule has 0 heterocycles. The molecule has 0 saturated heterocycles. The van der Waals surface area contributed by atoms with Crippen molar-refractivity contribution < 1.29 is 13.2 Å². The van der Waals surface area contributed by atoms with Crippen LogP contribution in [0.15, 0.2) is 51.8 Å². The second kappa shape index (κ2) is 11.5. The van der Waals surface area contributed by atoms with E-state index in [-0.39, 0.29) is 10.9 Å². The number of nitrogens with one attached hydrogen (secondary N) is 3. The van der Waals surface area contributed by atoms with Crippen molar-refractivity contribution in [1.82, 2.24) is 10.0 Å². The van der Waals surface area contributed by atoms with E-state index < -0.39 is 10.0 Å². The van der Waals surface area contributed by atoms with Gasteiger partial charge in [-0.05, 0) is 67.5 Å². The zero-order valence-corrected chi connectivity index (χ0v) is 20.8. The Morgan fingerprint density at radius 3 is 2.52 bits per heavy atom. The van der Waals surface area contributed by atoms with Crippen LogP contribution < -0.4 is 20.1 Å². The Morgan fingerprint density at radius 1 is 1.13 bits per heavy atom. The van der Waals surface area contributed by atoms with Gasteiger partial charge in [-0.2, -0.15) is 0 Å². The summed E-state index contributed by atoms with van der Waals surface area (Å²) in [5, 5.41) is 7.03. The average molecular weight is 547 g/mol. The topological polar surface area (TPSA) is 79.5 Å². The molecule has 1 aliphatic rings. The van der Waals surface area contributed by atoms with E-state index in [0.717, 1.165) is 30.2 Å². The van der Waals surface area contributed by atoms with Crippen molar-refractivity contribution in [3.8, 4) is 5.75 Å². The van der Waals surface area contributed by atoms with Crippen LogP contribution in [0, 0.1) is 0 Å². The highest BCUT2D eigenvalue weighted by Gasteiger charge is 2.21. The number of ether oxygens (including phenoxy) is 1. The van der Waals surface area contributed by atoms with Crippen molar-refractivity contribution in [2.45, 2.75) is 43.0 Å². The highest BCUT2D eigenvalue weighted by Crippen LogP contribution is 2.27. The zero-order valence-electron chi connectivity index (χ0n) is 16.9. The lowest BCUT2D eigenvalue weighted by molar-refractivity contribution is 0.323. The molecule has 1 fully saturated rings. The van der Waals surface area contributed by atoms with Gasteiger partial charge in [0.15, 0.2) is 5.11 Å². The van der Waals surface area contributed by atoms with Crippen LogP contribution in [0.3, 0.4) is 0 Å². The summed E-state index contributed by atoms with van der Waals surface area (Å²) in [6.45, 7) is 0.864. The maximum absolute atomic E-state index is 12.6. The van der Waals surface area contributed by atoms with Crippen LogP contribution in [0.2, 0.25) is 5.02 Å². The first kappa shape index (κ1) is 24.3. The molecule has 0 atom stereocenters. The second-order valence-corrected chi connectivity index (χ2v) is 10.7. The summed E-state index contributed by atoms with van der Waals surface area (Å²) >= 11 is 14.8. The summed E-state index contributed by atoms with van der Waals surface area (Å²) in [5.74, 6) is 0.601. The van der Waals surface area contributed by atoms with Crippen molar-refractivity contribution in [3.05, 3.63) is 52.0 Å². The van der Waals surface area contributed by atoms with E-state index in [1.54, 1.807) is 36.4 Å². The molecule has 10 heteroatoms. The lowest BCUT2D eigenvalue weighted by atomic mass is 9.96. The third-order valence-electron chi connectivity index (χ3n) is 4.89. The lowest BCUT2D eigenvalue weighted by Crippen LogP contribution is -2.36. The number of hydrogen-bond acceptors (Lipinski definition) is 4. The standard InChI is InChI=1S/C21H25BrClN3O3S2/c22-15-6-11-20(19(23)14-15)29-13-12-24-21(30)25-16-7-9-18(10-8-16)31(27,28)26-17-4-2-1-3-5-17/h6-11,14,17,26H,1-5,12-13H2,(H2,24,25,30). The highest BCUT2D eigenvalue weighted by atomic mass is 79.9. The number of hydrogen-bond donors (Lipinski definition) is 3. The minimum atomic E-state index is -3.51. The van der Waals surface area contributed by atoms with Crippen molar-refractivity contribution in [2.75, 3.05) is 18.5 Å². The fourth-order valence-electron chi connectivity index (χ4n) is 3.32. The molecule has 6 nitrogen and oxygen atoms in total. The molecule has 31 heavy (non-hydrogen) atoms. The van der Waals surface area contributed by atoms with E-state index in [9.17, 15) is 8.42 Å². The van der Waals surface area contributed by atoms with Gasteiger partial charge in [-0.25, -0.2) is 13.1 Å². The monoisotopic (exact) mass is 545 g/mol. The van der Waals surface area contributed by atoms with Crippen molar-refractivity contribution >= 4 is 60.6 Å². The average Bonchev–Trinajstić information content (AvgIpc) is 2.73. The maximum Gasteiger partial charge on any atom is 0.240 e. The molecule has 1 saturated carbocycles. The van der Waals surface area contributed by atoms with Crippen LogP contribution in [0.1, 0.15) is 32.1 Å². The van der Waals surface area contributed by atoms with Gasteiger partial charge < -0.3 is 15.4 Å². The Kier molecular flexibility index (Phi) is 8.97. The first-order valence-electron chi connectivity index (χ1n) is 10.1. The van der Waals surface area contributed by atoms with Gasteiger partial charge in [0.25, 0.3) is 0 Å². The molecule has 2 aromatic carbocycles. The minimum absolute atomic E-state index is 0.0304. The third-order valence-corrected chi connectivity index (χ3v) is 7.46. The van der Waals surface area contributed by atoms with E-state index in [0.29, 0.717) is 34.7 Å². The highest BCUT2D eigenvalue weighted by molar-refractivity contribution is 9.10. The number of benzene rings is 2. The number of halogens is 2. The molecular formula is C21H25BrClN3O3S2. The number of sulfonamides is 1. The van der Waals surface area contributed by atoms with Gasteiger partial charge in [-0.15, -0.1) is 0 Å². The van der Waals surface area contributed by atoms with Crippen LogP contribution in [-0.2, 0) is 10.0 Å². The number of thiocarbonyl (C=S) groups is 1. The Morgan fingerprint density at radius 2 is 1.84 bits per heavy atom. The van der Waals surface area contributed by atoms with Gasteiger partial charge in [-0.1, -0.05) is 46.8 Å². The lowest BCUT2D eigenvalue weighted by Gasteiger charge is -2.22. The fraction of sp³-hybridized carbons (Fsp3) is 0.381. The first-order chi connectivity index (χ1) is 14.8. The van der Waals surface area contributed by atoms with Gasteiger partial charge in [0.2, 0.25) is 10.0 Å². The van der Waals surface area contributed by atoms with Crippen LogP contribution >= 0.6 is 39.7 Å². The molecule has 3 rings (SSSR count). The minimum Gasteiger partial charge on any atom is -0.490 e. The fourth-order valence-corrected chi connectivity index (χ4v) is 5.57. The van der Waals surface area contributed by atoms with Crippen LogP contribution in [0.4, 0.5) is 5.69 Å². The van der Waals surface area contributed by atoms with Gasteiger partial charge in [0.1, 0.15) is 12.4 Å². The molecular weight excluding hydrogens is 522 g/mol. The van der Waals surface area contributed by atoms with Gasteiger partial charge in [0, 0.05) is 16.2 Å². The maximum atomic E-state index is 12.6. The Hall–Kier alpha value is -1.39. The quantitative estimate of drug-likeness (QED) is 0.317. The zero-order chi connectivity index (χ0) is 22.3. The predicted molar refractivity (Wildman–Crippen MR) is 133 cm³/mol. The van der Waals surface area contributed by atoms with Gasteiger partial charge in [0.05, 0.1) is 16.5 Å². The molecule has 0 spiro atoms. The molecule has 0 aliphatic heterocycles. The molecule has 0 aromatic heterocycles. The number of anilines is 1. The SMILES string of the molecule is O=S(=O)(NC1CCCCC1)c1ccc(NC(=S)NCCOc2ccc(Br)cc2Cl)cc1. The van der Waals surface area contributed by atoms with E-state index in [1.165, 1.54) is 6.42 Å².